The van der Waals surface area contributed by atoms with E-state index in [0.717, 1.165) is 22.0 Å². The maximum absolute atomic E-state index is 13.4. The molecule has 2 atom stereocenters. The normalized spacial score (nSPS) is 16.4. The van der Waals surface area contributed by atoms with Crippen LogP contribution in [0.5, 0.6) is 0 Å². The van der Waals surface area contributed by atoms with Crippen molar-refractivity contribution in [2.45, 2.75) is 19.0 Å². The average Bonchev–Trinajstić information content (AvgIpc) is 3.28. The molecule has 2 amide bonds. The van der Waals surface area contributed by atoms with Gasteiger partial charge in [0.05, 0.1) is 6.04 Å². The number of para-hydroxylation sites is 1. The van der Waals surface area contributed by atoms with E-state index in [0.29, 0.717) is 11.4 Å². The summed E-state index contributed by atoms with van der Waals surface area (Å²) < 4.78 is 2.06. The topological polar surface area (TPSA) is 67.2 Å². The second-order valence-corrected chi connectivity index (χ2v) is 7.79. The molecule has 0 saturated heterocycles. The van der Waals surface area contributed by atoms with Gasteiger partial charge in [-0.3, -0.25) is 9.59 Å². The van der Waals surface area contributed by atoms with Gasteiger partial charge in [0, 0.05) is 41.5 Å². The SMILES string of the molecule is C[C@@H](C(=O)Nc1ccccn1)N1C(=O)c2ccccc2[C@H]1c1cn(C)c2ccccc12. The monoisotopic (exact) mass is 410 g/mol. The van der Waals surface area contributed by atoms with E-state index in [-0.39, 0.29) is 17.9 Å². The fraction of sp³-hybridized carbons (Fsp3) is 0.160. The highest BCUT2D eigenvalue weighted by atomic mass is 16.2. The number of hydrogen-bond donors (Lipinski definition) is 1. The van der Waals surface area contributed by atoms with Crippen molar-refractivity contribution in [1.29, 1.82) is 0 Å². The van der Waals surface area contributed by atoms with Crippen molar-refractivity contribution in [3.8, 4) is 0 Å². The first-order valence-electron chi connectivity index (χ1n) is 10.2. The Morgan fingerprint density at radius 1 is 1.00 bits per heavy atom. The average molecular weight is 410 g/mol. The zero-order valence-electron chi connectivity index (χ0n) is 17.3. The third-order valence-corrected chi connectivity index (χ3v) is 5.93. The van der Waals surface area contributed by atoms with E-state index >= 15 is 0 Å². The molecule has 154 valence electrons. The van der Waals surface area contributed by atoms with Crippen LogP contribution in [-0.4, -0.2) is 32.3 Å². The van der Waals surface area contributed by atoms with Gasteiger partial charge in [0.1, 0.15) is 11.9 Å². The lowest BCUT2D eigenvalue weighted by Crippen LogP contribution is -2.44. The third-order valence-electron chi connectivity index (χ3n) is 5.93. The van der Waals surface area contributed by atoms with Crippen LogP contribution in [0.15, 0.2) is 79.1 Å². The van der Waals surface area contributed by atoms with Gasteiger partial charge in [-0.15, -0.1) is 0 Å². The smallest absolute Gasteiger partial charge is 0.255 e. The molecule has 5 rings (SSSR count). The maximum atomic E-state index is 13.4. The van der Waals surface area contributed by atoms with Gasteiger partial charge in [-0.05, 0) is 36.8 Å². The summed E-state index contributed by atoms with van der Waals surface area (Å²) in [5.74, 6) is 0.0486. The number of amides is 2. The summed E-state index contributed by atoms with van der Waals surface area (Å²) in [6.45, 7) is 1.76. The molecule has 0 radical (unpaired) electrons. The van der Waals surface area contributed by atoms with Crippen molar-refractivity contribution in [3.05, 3.63) is 95.8 Å². The zero-order valence-corrected chi connectivity index (χ0v) is 17.3. The first-order chi connectivity index (χ1) is 15.1. The van der Waals surface area contributed by atoms with Gasteiger partial charge in [-0.1, -0.05) is 42.5 Å². The first-order valence-corrected chi connectivity index (χ1v) is 10.2. The van der Waals surface area contributed by atoms with Gasteiger partial charge < -0.3 is 14.8 Å². The lowest BCUT2D eigenvalue weighted by Gasteiger charge is -2.30. The van der Waals surface area contributed by atoms with Crippen LogP contribution in [0.4, 0.5) is 5.82 Å². The number of rotatable bonds is 4. The number of carbonyl (C=O) groups is 2. The highest BCUT2D eigenvalue weighted by molar-refractivity contribution is 6.05. The molecule has 0 unspecified atom stereocenters. The molecule has 2 aromatic heterocycles. The fourth-order valence-electron chi connectivity index (χ4n) is 4.44. The molecule has 6 heteroatoms. The molecular formula is C25H22N4O2. The summed E-state index contributed by atoms with van der Waals surface area (Å²) in [6.07, 6.45) is 3.68. The quantitative estimate of drug-likeness (QED) is 0.550. The van der Waals surface area contributed by atoms with Crippen molar-refractivity contribution in [1.82, 2.24) is 14.5 Å². The number of anilines is 1. The molecule has 1 N–H and O–H groups in total. The third kappa shape index (κ3) is 3.08. The van der Waals surface area contributed by atoms with Crippen LogP contribution in [0.2, 0.25) is 0 Å². The first kappa shape index (κ1) is 19.1. The summed E-state index contributed by atoms with van der Waals surface area (Å²) >= 11 is 0. The molecule has 3 heterocycles. The molecular weight excluding hydrogens is 388 g/mol. The highest BCUT2D eigenvalue weighted by Gasteiger charge is 2.43. The van der Waals surface area contributed by atoms with Gasteiger partial charge in [-0.2, -0.15) is 0 Å². The summed E-state index contributed by atoms with van der Waals surface area (Å²) in [5, 5.41) is 3.90. The molecule has 0 saturated carbocycles. The number of aromatic nitrogens is 2. The predicted molar refractivity (Wildman–Crippen MR) is 120 cm³/mol. The molecule has 4 aromatic rings. The highest BCUT2D eigenvalue weighted by Crippen LogP contribution is 2.42. The Balaban J connectivity index is 1.60. The van der Waals surface area contributed by atoms with Crippen LogP contribution in [-0.2, 0) is 11.8 Å². The van der Waals surface area contributed by atoms with E-state index in [9.17, 15) is 9.59 Å². The Morgan fingerprint density at radius 3 is 2.55 bits per heavy atom. The van der Waals surface area contributed by atoms with Crippen LogP contribution >= 0.6 is 0 Å². The van der Waals surface area contributed by atoms with Crippen LogP contribution in [0, 0.1) is 0 Å². The molecule has 0 bridgehead atoms. The number of hydrogen-bond acceptors (Lipinski definition) is 3. The van der Waals surface area contributed by atoms with Crippen LogP contribution in [0.25, 0.3) is 10.9 Å². The molecule has 1 aliphatic rings. The Bertz CT molecular complexity index is 1300. The number of aryl methyl sites for hydroxylation is 1. The van der Waals surface area contributed by atoms with Crippen molar-refractivity contribution < 1.29 is 9.59 Å². The van der Waals surface area contributed by atoms with E-state index in [1.807, 2.05) is 49.5 Å². The van der Waals surface area contributed by atoms with Gasteiger partial charge in [0.15, 0.2) is 0 Å². The Kier molecular flexibility index (Phi) is 4.55. The lowest BCUT2D eigenvalue weighted by atomic mass is 9.97. The van der Waals surface area contributed by atoms with E-state index in [1.165, 1.54) is 0 Å². The summed E-state index contributed by atoms with van der Waals surface area (Å²) in [7, 11) is 2.00. The Labute approximate surface area is 180 Å². The zero-order chi connectivity index (χ0) is 21.5. The molecule has 0 aliphatic carbocycles. The Morgan fingerprint density at radius 2 is 1.74 bits per heavy atom. The fourth-order valence-corrected chi connectivity index (χ4v) is 4.44. The number of nitrogens with one attached hydrogen (secondary N) is 1. The van der Waals surface area contributed by atoms with E-state index in [4.69, 9.17) is 0 Å². The number of benzene rings is 2. The molecule has 0 spiro atoms. The van der Waals surface area contributed by atoms with Crippen molar-refractivity contribution in [2.24, 2.45) is 7.05 Å². The van der Waals surface area contributed by atoms with Crippen molar-refractivity contribution in [3.63, 3.8) is 0 Å². The lowest BCUT2D eigenvalue weighted by molar-refractivity contribution is -0.120. The number of pyridine rings is 1. The maximum Gasteiger partial charge on any atom is 0.255 e. The standard InChI is InChI=1S/C25H22N4O2/c1-16(24(30)27-22-13-7-8-14-26-22)29-23(18-10-3-4-11-19(18)25(29)31)20-15-28(2)21-12-6-5-9-17(20)21/h3-16,23H,1-2H3,(H,26,27,30)/t16-,23-/m0/s1. The second-order valence-electron chi connectivity index (χ2n) is 7.79. The Hall–Kier alpha value is -3.93. The molecule has 0 fully saturated rings. The van der Waals surface area contributed by atoms with Gasteiger partial charge in [0.25, 0.3) is 5.91 Å². The minimum Gasteiger partial charge on any atom is -0.350 e. The number of carbonyl (C=O) groups excluding carboxylic acids is 2. The molecule has 2 aromatic carbocycles. The van der Waals surface area contributed by atoms with Crippen LogP contribution in [0.1, 0.15) is 34.5 Å². The van der Waals surface area contributed by atoms with Crippen molar-refractivity contribution in [2.75, 3.05) is 5.32 Å². The molecule has 6 nitrogen and oxygen atoms in total. The van der Waals surface area contributed by atoms with Gasteiger partial charge in [-0.25, -0.2) is 4.98 Å². The second kappa shape index (κ2) is 7.40. The predicted octanol–water partition coefficient (Wildman–Crippen LogP) is 4.15. The van der Waals surface area contributed by atoms with Gasteiger partial charge >= 0.3 is 0 Å². The minimum atomic E-state index is -0.689. The van der Waals surface area contributed by atoms with Crippen LogP contribution in [0.3, 0.4) is 0 Å². The number of nitrogens with zero attached hydrogens (tertiary/aromatic N) is 3. The minimum absolute atomic E-state index is 0.141. The van der Waals surface area contributed by atoms with E-state index in [2.05, 4.69) is 33.2 Å². The summed E-state index contributed by atoms with van der Waals surface area (Å²) in [4.78, 5) is 32.4. The van der Waals surface area contributed by atoms with E-state index in [1.54, 1.807) is 30.2 Å². The molecule has 1 aliphatic heterocycles. The van der Waals surface area contributed by atoms with Crippen LogP contribution < -0.4 is 5.32 Å². The largest absolute Gasteiger partial charge is 0.350 e. The molecule has 31 heavy (non-hydrogen) atoms. The van der Waals surface area contributed by atoms with Gasteiger partial charge in [0.2, 0.25) is 5.91 Å². The summed E-state index contributed by atoms with van der Waals surface area (Å²) in [5.41, 5.74) is 3.65. The van der Waals surface area contributed by atoms with Crippen molar-refractivity contribution >= 4 is 28.5 Å². The summed E-state index contributed by atoms with van der Waals surface area (Å²) in [6, 6.07) is 20.0. The van der Waals surface area contributed by atoms with E-state index < -0.39 is 6.04 Å². The number of fused-ring (bicyclic) bond motifs is 2.